The molecule has 0 amide bonds. The Morgan fingerprint density at radius 2 is 1.71 bits per heavy atom. The third-order valence-electron chi connectivity index (χ3n) is 6.01. The zero-order valence-corrected chi connectivity index (χ0v) is 21.8. The number of primary sulfonamides is 1. The molecule has 4 rings (SSSR count). The van der Waals surface area contributed by atoms with Crippen molar-refractivity contribution in [3.8, 4) is 28.3 Å². The first-order valence-electron chi connectivity index (χ1n) is 11.1. The van der Waals surface area contributed by atoms with E-state index in [-0.39, 0.29) is 10.8 Å². The number of rotatable bonds is 6. The van der Waals surface area contributed by atoms with E-state index in [1.165, 1.54) is 30.9 Å². The van der Waals surface area contributed by atoms with Gasteiger partial charge in [-0.25, -0.2) is 23.6 Å². The highest BCUT2D eigenvalue weighted by Gasteiger charge is 2.29. The van der Waals surface area contributed by atoms with Gasteiger partial charge in [-0.2, -0.15) is 0 Å². The van der Waals surface area contributed by atoms with Gasteiger partial charge < -0.3 is 9.15 Å². The number of benzene rings is 2. The number of thioether (sulfide) groups is 1. The topological polar surface area (TPSA) is 119 Å². The van der Waals surface area contributed by atoms with Gasteiger partial charge in [0.05, 0.1) is 12.0 Å². The van der Waals surface area contributed by atoms with Gasteiger partial charge in [-0.3, -0.25) is 5.21 Å². The van der Waals surface area contributed by atoms with E-state index in [2.05, 4.69) is 0 Å². The molecule has 1 aliphatic rings. The van der Waals surface area contributed by atoms with Crippen LogP contribution >= 0.6 is 24.0 Å². The van der Waals surface area contributed by atoms with E-state index in [9.17, 15) is 13.6 Å². The average Bonchev–Trinajstić information content (AvgIpc) is 3.29. The molecule has 2 aromatic carbocycles. The summed E-state index contributed by atoms with van der Waals surface area (Å²) in [5, 5.41) is 16.1. The lowest BCUT2D eigenvalue weighted by molar-refractivity contribution is 0.0204. The molecule has 1 heterocycles. The summed E-state index contributed by atoms with van der Waals surface area (Å²) < 4.78 is 35.4. The van der Waals surface area contributed by atoms with Crippen molar-refractivity contribution < 1.29 is 22.8 Å². The number of hydrogen-bond acceptors (Lipinski definition) is 8. The Morgan fingerprint density at radius 1 is 1.11 bits per heavy atom. The third-order valence-corrected chi connectivity index (χ3v) is 8.76. The number of aromatic nitrogens is 1. The SMILES string of the molecule is COc1ccc(-c2nc(C3CCC(SC(=S)N(C)O)CC3)oc2-c2ccc(S(N)(=O)=O)cc2)cc1. The number of hydroxylamine groups is 2. The average molecular weight is 534 g/mol. The van der Waals surface area contributed by atoms with Gasteiger partial charge in [0.25, 0.3) is 0 Å². The molecule has 0 spiro atoms. The molecule has 3 aromatic rings. The molecule has 186 valence electrons. The van der Waals surface area contributed by atoms with Crippen LogP contribution in [0.1, 0.15) is 37.5 Å². The first-order chi connectivity index (χ1) is 16.7. The van der Waals surface area contributed by atoms with Crippen molar-refractivity contribution in [3.05, 3.63) is 54.4 Å². The molecule has 1 fully saturated rings. The third kappa shape index (κ3) is 6.04. The number of oxazole rings is 1. The van der Waals surface area contributed by atoms with Crippen LogP contribution in [0.3, 0.4) is 0 Å². The van der Waals surface area contributed by atoms with Crippen molar-refractivity contribution >= 4 is 38.3 Å². The second-order valence-electron chi connectivity index (χ2n) is 8.41. The molecular formula is C24H27N3O5S3. The Morgan fingerprint density at radius 3 is 2.26 bits per heavy atom. The molecule has 0 saturated heterocycles. The molecule has 1 aliphatic carbocycles. The Labute approximate surface area is 214 Å². The molecule has 1 aromatic heterocycles. The first-order valence-corrected chi connectivity index (χ1v) is 13.9. The summed E-state index contributed by atoms with van der Waals surface area (Å²) in [7, 11) is -0.647. The van der Waals surface area contributed by atoms with Gasteiger partial charge in [0.2, 0.25) is 10.0 Å². The van der Waals surface area contributed by atoms with Crippen LogP contribution in [0.5, 0.6) is 5.75 Å². The largest absolute Gasteiger partial charge is 0.497 e. The molecule has 3 N–H and O–H groups in total. The van der Waals surface area contributed by atoms with Gasteiger partial charge in [-0.05, 0) is 74.2 Å². The summed E-state index contributed by atoms with van der Waals surface area (Å²) in [6.45, 7) is 0. The van der Waals surface area contributed by atoms with Crippen LogP contribution < -0.4 is 9.88 Å². The van der Waals surface area contributed by atoms with Crippen LogP contribution in [-0.2, 0) is 10.0 Å². The number of nitrogens with two attached hydrogens (primary N) is 1. The molecule has 0 radical (unpaired) electrons. The van der Waals surface area contributed by atoms with Crippen molar-refractivity contribution in [2.45, 2.75) is 41.7 Å². The van der Waals surface area contributed by atoms with Crippen molar-refractivity contribution in [2.24, 2.45) is 5.14 Å². The fourth-order valence-corrected chi connectivity index (χ4v) is 5.96. The molecule has 1 saturated carbocycles. The molecular weight excluding hydrogens is 506 g/mol. The Bertz CT molecular complexity index is 1280. The van der Waals surface area contributed by atoms with Gasteiger partial charge in [0.1, 0.15) is 11.4 Å². The summed E-state index contributed by atoms with van der Waals surface area (Å²) in [5.74, 6) is 2.12. The zero-order valence-electron chi connectivity index (χ0n) is 19.4. The van der Waals surface area contributed by atoms with Crippen LogP contribution in [0.2, 0.25) is 0 Å². The fourth-order valence-electron chi connectivity index (χ4n) is 4.09. The molecule has 8 nitrogen and oxygen atoms in total. The Balaban J connectivity index is 1.63. The molecule has 35 heavy (non-hydrogen) atoms. The lowest BCUT2D eigenvalue weighted by atomic mass is 9.89. The maximum Gasteiger partial charge on any atom is 0.238 e. The minimum atomic E-state index is -3.79. The quantitative estimate of drug-likeness (QED) is 0.332. The van der Waals surface area contributed by atoms with Crippen molar-refractivity contribution in [2.75, 3.05) is 14.2 Å². The second-order valence-corrected chi connectivity index (χ2v) is 11.9. The minimum absolute atomic E-state index is 0.0363. The van der Waals surface area contributed by atoms with Crippen molar-refractivity contribution in [1.82, 2.24) is 10.0 Å². The molecule has 0 bridgehead atoms. The predicted octanol–water partition coefficient (Wildman–Crippen LogP) is 5.03. The summed E-state index contributed by atoms with van der Waals surface area (Å²) in [6.07, 6.45) is 3.65. The highest BCUT2D eigenvalue weighted by molar-refractivity contribution is 8.23. The van der Waals surface area contributed by atoms with Gasteiger partial charge >= 0.3 is 0 Å². The van der Waals surface area contributed by atoms with Crippen LogP contribution in [0.4, 0.5) is 0 Å². The predicted molar refractivity (Wildman–Crippen MR) is 140 cm³/mol. The van der Waals surface area contributed by atoms with Crippen LogP contribution in [-0.4, -0.2) is 47.4 Å². The first kappa shape index (κ1) is 25.6. The van der Waals surface area contributed by atoms with Crippen molar-refractivity contribution in [3.63, 3.8) is 0 Å². The smallest absolute Gasteiger partial charge is 0.238 e. The van der Waals surface area contributed by atoms with Crippen LogP contribution in [0, 0.1) is 0 Å². The van der Waals surface area contributed by atoms with E-state index >= 15 is 0 Å². The van der Waals surface area contributed by atoms with E-state index in [0.717, 1.165) is 42.1 Å². The summed E-state index contributed by atoms with van der Waals surface area (Å²) in [5.41, 5.74) is 2.26. The molecule has 0 atom stereocenters. The molecule has 11 heteroatoms. The minimum Gasteiger partial charge on any atom is -0.497 e. The van der Waals surface area contributed by atoms with E-state index in [1.807, 2.05) is 24.3 Å². The number of methoxy groups -OCH3 is 1. The molecule has 0 aliphatic heterocycles. The second kappa shape index (κ2) is 10.7. The molecule has 0 unspecified atom stereocenters. The Hall–Kier alpha value is -2.44. The standard InChI is InChI=1S/C24H27N3O5S3/c1-27(28)24(33)34-19-11-5-17(6-12-19)23-26-21(15-3-9-18(31-2)10-4-15)22(32-23)16-7-13-20(14-8-16)35(25,29)30/h3-4,7-10,13-14,17,19,28H,5-6,11-12H2,1-2H3,(H2,25,29,30). The number of nitrogens with zero attached hydrogens (tertiary/aromatic N) is 2. The van der Waals surface area contributed by atoms with Gasteiger partial charge in [-0.1, -0.05) is 24.0 Å². The summed E-state index contributed by atoms with van der Waals surface area (Å²) >= 11 is 6.73. The van der Waals surface area contributed by atoms with Gasteiger partial charge in [-0.15, -0.1) is 0 Å². The normalized spacial score (nSPS) is 18.3. The number of ether oxygens (including phenoxy) is 1. The Kier molecular flexibility index (Phi) is 7.82. The summed E-state index contributed by atoms with van der Waals surface area (Å²) in [6, 6.07) is 13.9. The fraction of sp³-hybridized carbons (Fsp3) is 0.333. The summed E-state index contributed by atoms with van der Waals surface area (Å²) in [4.78, 5) is 4.93. The van der Waals surface area contributed by atoms with Gasteiger partial charge in [0.15, 0.2) is 16.0 Å². The monoisotopic (exact) mass is 533 g/mol. The number of thiocarbonyl (C=S) groups is 1. The highest BCUT2D eigenvalue weighted by Crippen LogP contribution is 2.41. The van der Waals surface area contributed by atoms with E-state index in [4.69, 9.17) is 31.5 Å². The van der Waals surface area contributed by atoms with E-state index in [0.29, 0.717) is 32.5 Å². The van der Waals surface area contributed by atoms with Crippen LogP contribution in [0.25, 0.3) is 22.6 Å². The van der Waals surface area contributed by atoms with E-state index in [1.54, 1.807) is 19.2 Å². The van der Waals surface area contributed by atoms with E-state index < -0.39 is 10.0 Å². The lowest BCUT2D eigenvalue weighted by Gasteiger charge is -2.27. The van der Waals surface area contributed by atoms with Crippen molar-refractivity contribution in [1.29, 1.82) is 0 Å². The lowest BCUT2D eigenvalue weighted by Crippen LogP contribution is -2.23. The zero-order chi connectivity index (χ0) is 25.2. The number of sulfonamides is 1. The maximum atomic E-state index is 11.7. The number of hydrogen-bond donors (Lipinski definition) is 2. The maximum absolute atomic E-state index is 11.7. The highest BCUT2D eigenvalue weighted by atomic mass is 32.2. The van der Waals surface area contributed by atoms with Gasteiger partial charge in [0, 0.05) is 29.3 Å². The van der Waals surface area contributed by atoms with Crippen LogP contribution in [0.15, 0.2) is 57.8 Å².